The second-order valence-corrected chi connectivity index (χ2v) is 7.39. The van der Waals surface area contributed by atoms with Crippen LogP contribution in [-0.2, 0) is 10.0 Å². The largest absolute Gasteiger partial charge is 0.495 e. The van der Waals surface area contributed by atoms with Gasteiger partial charge in [-0.1, -0.05) is 12.1 Å². The monoisotopic (exact) mass is 357 g/mol. The summed E-state index contributed by atoms with van der Waals surface area (Å²) in [6, 6.07) is 10.4. The Labute approximate surface area is 146 Å². The van der Waals surface area contributed by atoms with Gasteiger partial charge in [0.15, 0.2) is 0 Å². The van der Waals surface area contributed by atoms with Crippen molar-refractivity contribution in [3.63, 3.8) is 0 Å². The predicted molar refractivity (Wildman–Crippen MR) is 97.3 cm³/mol. The number of aromatic amines is 1. The van der Waals surface area contributed by atoms with E-state index in [0.717, 1.165) is 22.4 Å². The zero-order valence-corrected chi connectivity index (χ0v) is 15.0. The van der Waals surface area contributed by atoms with Crippen LogP contribution in [0.2, 0.25) is 0 Å². The molecule has 0 unspecified atom stereocenters. The first-order chi connectivity index (χ1) is 11.9. The Balaban J connectivity index is 1.90. The van der Waals surface area contributed by atoms with Gasteiger partial charge in [-0.2, -0.15) is 0 Å². The maximum absolute atomic E-state index is 12.8. The molecule has 1 heterocycles. The Morgan fingerprint density at radius 1 is 1.08 bits per heavy atom. The van der Waals surface area contributed by atoms with Crippen molar-refractivity contribution in [3.8, 4) is 17.0 Å². The van der Waals surface area contributed by atoms with Crippen LogP contribution in [0.4, 0.5) is 5.69 Å². The zero-order valence-electron chi connectivity index (χ0n) is 14.2. The molecule has 0 spiro atoms. The first-order valence-corrected chi connectivity index (χ1v) is 9.16. The summed E-state index contributed by atoms with van der Waals surface area (Å²) in [7, 11) is -2.30. The van der Waals surface area contributed by atoms with E-state index in [-0.39, 0.29) is 4.90 Å². The third kappa shape index (κ3) is 3.51. The van der Waals surface area contributed by atoms with Crippen molar-refractivity contribution in [3.05, 3.63) is 60.0 Å². The molecule has 130 valence electrons. The van der Waals surface area contributed by atoms with Gasteiger partial charge in [0.05, 0.1) is 25.3 Å². The Morgan fingerprint density at radius 2 is 1.76 bits per heavy atom. The molecule has 0 aliphatic heterocycles. The van der Waals surface area contributed by atoms with Gasteiger partial charge in [0.2, 0.25) is 0 Å². The van der Waals surface area contributed by atoms with E-state index < -0.39 is 10.0 Å². The highest BCUT2D eigenvalue weighted by Crippen LogP contribution is 2.29. The van der Waals surface area contributed by atoms with Crippen LogP contribution in [-0.4, -0.2) is 25.5 Å². The van der Waals surface area contributed by atoms with Crippen LogP contribution in [0.15, 0.2) is 53.8 Å². The molecule has 6 nitrogen and oxygen atoms in total. The Bertz CT molecular complexity index is 979. The number of sulfonamides is 1. The van der Waals surface area contributed by atoms with Crippen LogP contribution in [0.5, 0.6) is 5.75 Å². The highest BCUT2D eigenvalue weighted by Gasteiger charge is 2.21. The number of anilines is 1. The van der Waals surface area contributed by atoms with E-state index in [1.165, 1.54) is 7.11 Å². The summed E-state index contributed by atoms with van der Waals surface area (Å²) in [5, 5.41) is 0. The summed E-state index contributed by atoms with van der Waals surface area (Å²) in [6.07, 6.45) is 3.30. The molecule has 25 heavy (non-hydrogen) atoms. The first-order valence-electron chi connectivity index (χ1n) is 7.67. The minimum absolute atomic E-state index is 0.121. The molecule has 3 rings (SSSR count). The first kappa shape index (κ1) is 17.0. The molecule has 7 heteroatoms. The summed E-state index contributed by atoms with van der Waals surface area (Å²) in [5.74, 6) is 0.324. The van der Waals surface area contributed by atoms with Crippen molar-refractivity contribution in [2.45, 2.75) is 18.7 Å². The highest BCUT2D eigenvalue weighted by atomic mass is 32.2. The van der Waals surface area contributed by atoms with Gasteiger partial charge in [0.1, 0.15) is 10.6 Å². The van der Waals surface area contributed by atoms with E-state index >= 15 is 0 Å². The minimum Gasteiger partial charge on any atom is -0.495 e. The number of hydrogen-bond donors (Lipinski definition) is 2. The summed E-state index contributed by atoms with van der Waals surface area (Å²) in [5.41, 5.74) is 4.12. The molecule has 2 N–H and O–H groups in total. The molecule has 0 saturated carbocycles. The van der Waals surface area contributed by atoms with Crippen LogP contribution in [0, 0.1) is 13.8 Å². The Morgan fingerprint density at radius 3 is 2.36 bits per heavy atom. The summed E-state index contributed by atoms with van der Waals surface area (Å²) in [6.45, 7) is 3.78. The van der Waals surface area contributed by atoms with E-state index in [2.05, 4.69) is 14.7 Å². The maximum atomic E-state index is 12.8. The van der Waals surface area contributed by atoms with Gasteiger partial charge in [0.25, 0.3) is 10.0 Å². The number of nitrogens with one attached hydrogen (secondary N) is 2. The van der Waals surface area contributed by atoms with Crippen molar-refractivity contribution < 1.29 is 13.2 Å². The predicted octanol–water partition coefficient (Wildman–Crippen LogP) is 3.50. The van der Waals surface area contributed by atoms with Crippen molar-refractivity contribution >= 4 is 15.7 Å². The number of aryl methyl sites for hydroxylation is 2. The average Bonchev–Trinajstić information content (AvgIpc) is 3.11. The van der Waals surface area contributed by atoms with Crippen LogP contribution in [0.1, 0.15) is 11.1 Å². The maximum Gasteiger partial charge on any atom is 0.265 e. The van der Waals surface area contributed by atoms with Crippen LogP contribution in [0.25, 0.3) is 11.3 Å². The normalized spacial score (nSPS) is 11.3. The average molecular weight is 357 g/mol. The summed E-state index contributed by atoms with van der Waals surface area (Å²) >= 11 is 0. The molecule has 0 atom stereocenters. The SMILES string of the molecule is COc1cc(C)c(C)cc1S(=O)(=O)Nc1ccc(-c2cnc[nH]2)cc1. The molecule has 0 fully saturated rings. The molecule has 0 amide bonds. The van der Waals surface area contributed by atoms with Crippen molar-refractivity contribution in [1.82, 2.24) is 9.97 Å². The van der Waals surface area contributed by atoms with E-state index in [4.69, 9.17) is 4.74 Å². The zero-order chi connectivity index (χ0) is 18.0. The van der Waals surface area contributed by atoms with Gasteiger partial charge < -0.3 is 9.72 Å². The molecular formula is C18H19N3O3S. The number of nitrogens with zero attached hydrogens (tertiary/aromatic N) is 1. The summed E-state index contributed by atoms with van der Waals surface area (Å²) < 4.78 is 33.3. The number of imidazole rings is 1. The second kappa shape index (κ2) is 6.60. The van der Waals surface area contributed by atoms with Gasteiger partial charge in [0, 0.05) is 5.69 Å². The number of benzene rings is 2. The molecule has 0 radical (unpaired) electrons. The van der Waals surface area contributed by atoms with E-state index in [1.807, 2.05) is 26.0 Å². The van der Waals surface area contributed by atoms with E-state index in [1.54, 1.807) is 36.8 Å². The van der Waals surface area contributed by atoms with Gasteiger partial charge in [-0.25, -0.2) is 13.4 Å². The standard InChI is InChI=1S/C18H19N3O3S/c1-12-8-17(24-3)18(9-13(12)2)25(22,23)21-15-6-4-14(5-7-15)16-10-19-11-20-16/h4-11,21H,1-3H3,(H,19,20). The number of rotatable bonds is 5. The number of ether oxygens (including phenoxy) is 1. The number of aromatic nitrogens is 2. The van der Waals surface area contributed by atoms with Gasteiger partial charge in [-0.3, -0.25) is 4.72 Å². The molecule has 3 aromatic rings. The molecule has 0 bridgehead atoms. The van der Waals surface area contributed by atoms with Crippen molar-refractivity contribution in [2.24, 2.45) is 0 Å². The fraction of sp³-hybridized carbons (Fsp3) is 0.167. The fourth-order valence-corrected chi connectivity index (χ4v) is 3.77. The lowest BCUT2D eigenvalue weighted by molar-refractivity contribution is 0.402. The van der Waals surface area contributed by atoms with Crippen molar-refractivity contribution in [1.29, 1.82) is 0 Å². The number of hydrogen-bond acceptors (Lipinski definition) is 4. The number of H-pyrrole nitrogens is 1. The van der Waals surface area contributed by atoms with Crippen LogP contribution >= 0.6 is 0 Å². The fourth-order valence-electron chi connectivity index (χ4n) is 2.47. The molecule has 2 aromatic carbocycles. The molecule has 0 aliphatic rings. The highest BCUT2D eigenvalue weighted by molar-refractivity contribution is 7.92. The molecule has 0 aliphatic carbocycles. The van der Waals surface area contributed by atoms with E-state index in [0.29, 0.717) is 11.4 Å². The van der Waals surface area contributed by atoms with Crippen molar-refractivity contribution in [2.75, 3.05) is 11.8 Å². The van der Waals surface area contributed by atoms with Gasteiger partial charge in [-0.15, -0.1) is 0 Å². The Hall–Kier alpha value is -2.80. The number of methoxy groups -OCH3 is 1. The lowest BCUT2D eigenvalue weighted by Gasteiger charge is -2.14. The summed E-state index contributed by atoms with van der Waals surface area (Å²) in [4.78, 5) is 7.10. The second-order valence-electron chi connectivity index (χ2n) is 5.74. The quantitative estimate of drug-likeness (QED) is 0.732. The van der Waals surface area contributed by atoms with Gasteiger partial charge >= 0.3 is 0 Å². The minimum atomic E-state index is -3.76. The third-order valence-corrected chi connectivity index (χ3v) is 5.42. The van der Waals surface area contributed by atoms with E-state index in [9.17, 15) is 8.42 Å². The lowest BCUT2D eigenvalue weighted by atomic mass is 10.1. The molecular weight excluding hydrogens is 338 g/mol. The topological polar surface area (TPSA) is 84.1 Å². The smallest absolute Gasteiger partial charge is 0.265 e. The molecule has 0 saturated heterocycles. The third-order valence-electron chi connectivity index (χ3n) is 4.02. The molecule has 1 aromatic heterocycles. The van der Waals surface area contributed by atoms with Crippen LogP contribution in [0.3, 0.4) is 0 Å². The lowest BCUT2D eigenvalue weighted by Crippen LogP contribution is -2.14. The van der Waals surface area contributed by atoms with Gasteiger partial charge in [-0.05, 0) is 54.8 Å². The Kier molecular flexibility index (Phi) is 4.50. The van der Waals surface area contributed by atoms with Crippen LogP contribution < -0.4 is 9.46 Å².